The zero-order valence-corrected chi connectivity index (χ0v) is 16.9. The molecule has 4 saturated carbocycles. The monoisotopic (exact) mass is 360 g/mol. The van der Waals surface area contributed by atoms with Crippen LogP contribution in [0.15, 0.2) is 0 Å². The minimum absolute atomic E-state index is 0.0121. The van der Waals surface area contributed by atoms with Gasteiger partial charge in [0.05, 0.1) is 12.0 Å². The number of carbonyl (C=O) groups is 2. The molecule has 0 heterocycles. The Bertz CT molecular complexity index is 584. The second-order valence-corrected chi connectivity index (χ2v) is 10.7. The van der Waals surface area contributed by atoms with Crippen molar-refractivity contribution < 1.29 is 14.3 Å². The summed E-state index contributed by atoms with van der Waals surface area (Å²) in [5, 5.41) is 0. The molecular formula is C23H36O3. The second-order valence-electron chi connectivity index (χ2n) is 10.7. The minimum atomic E-state index is -0.0547. The minimum Gasteiger partial charge on any atom is -0.462 e. The summed E-state index contributed by atoms with van der Waals surface area (Å²) in [6, 6.07) is 0. The molecule has 3 heteroatoms. The molecule has 0 aliphatic heterocycles. The van der Waals surface area contributed by atoms with Crippen LogP contribution in [0.2, 0.25) is 0 Å². The van der Waals surface area contributed by atoms with Crippen molar-refractivity contribution in [3.8, 4) is 0 Å². The van der Waals surface area contributed by atoms with E-state index in [0.29, 0.717) is 29.0 Å². The highest BCUT2D eigenvalue weighted by Crippen LogP contribution is 2.63. The molecule has 4 aliphatic carbocycles. The Hall–Kier alpha value is -0.860. The van der Waals surface area contributed by atoms with Gasteiger partial charge in [-0.2, -0.15) is 0 Å². The lowest BCUT2D eigenvalue weighted by Gasteiger charge is -2.26. The number of rotatable bonds is 7. The third kappa shape index (κ3) is 3.73. The van der Waals surface area contributed by atoms with Crippen LogP contribution in [0.5, 0.6) is 0 Å². The fourth-order valence-corrected chi connectivity index (χ4v) is 5.91. The maximum Gasteiger partial charge on any atom is 0.309 e. The van der Waals surface area contributed by atoms with Crippen LogP contribution in [0.4, 0.5) is 0 Å². The van der Waals surface area contributed by atoms with Gasteiger partial charge in [-0.15, -0.1) is 0 Å². The van der Waals surface area contributed by atoms with Gasteiger partial charge < -0.3 is 4.74 Å². The smallest absolute Gasteiger partial charge is 0.309 e. The Labute approximate surface area is 158 Å². The summed E-state index contributed by atoms with van der Waals surface area (Å²) in [6.45, 7) is 6.72. The van der Waals surface area contributed by atoms with Gasteiger partial charge in [0.2, 0.25) is 0 Å². The van der Waals surface area contributed by atoms with E-state index >= 15 is 0 Å². The van der Waals surface area contributed by atoms with Crippen LogP contribution in [0, 0.1) is 34.5 Å². The van der Waals surface area contributed by atoms with E-state index in [9.17, 15) is 9.59 Å². The standard InChI is InChI=1S/C23H36O3/c1-15(26-21(25)17-8-10-23(3)14-19(23)12-17)5-4-6-20(24)16-7-9-22(2)13-18(22)11-16/h15-19H,4-14H2,1-3H3. The van der Waals surface area contributed by atoms with Gasteiger partial charge in [-0.05, 0) is 93.8 Å². The van der Waals surface area contributed by atoms with Gasteiger partial charge in [0.1, 0.15) is 5.78 Å². The van der Waals surface area contributed by atoms with Crippen molar-refractivity contribution in [1.29, 1.82) is 0 Å². The molecule has 0 N–H and O–H groups in total. The fourth-order valence-electron chi connectivity index (χ4n) is 5.91. The Kier molecular flexibility index (Phi) is 4.72. The zero-order chi connectivity index (χ0) is 18.5. The summed E-state index contributed by atoms with van der Waals surface area (Å²) in [4.78, 5) is 24.9. The molecule has 26 heavy (non-hydrogen) atoms. The summed E-state index contributed by atoms with van der Waals surface area (Å²) in [6.07, 6.45) is 11.6. The summed E-state index contributed by atoms with van der Waals surface area (Å²) in [5.74, 6) is 2.47. The average Bonchev–Trinajstić information content (AvgIpc) is 3.45. The lowest BCUT2D eigenvalue weighted by Crippen LogP contribution is -2.27. The van der Waals surface area contributed by atoms with Crippen molar-refractivity contribution >= 4 is 11.8 Å². The van der Waals surface area contributed by atoms with Crippen molar-refractivity contribution in [2.24, 2.45) is 34.5 Å². The highest BCUT2D eigenvalue weighted by molar-refractivity contribution is 5.81. The summed E-state index contributed by atoms with van der Waals surface area (Å²) >= 11 is 0. The largest absolute Gasteiger partial charge is 0.462 e. The van der Waals surface area contributed by atoms with E-state index < -0.39 is 0 Å². The number of hydrogen-bond acceptors (Lipinski definition) is 3. The lowest BCUT2D eigenvalue weighted by molar-refractivity contribution is -0.155. The molecular weight excluding hydrogens is 324 g/mol. The fraction of sp³-hybridized carbons (Fsp3) is 0.913. The first kappa shape index (κ1) is 18.5. The second kappa shape index (κ2) is 6.63. The predicted octanol–water partition coefficient (Wildman–Crippen LogP) is 5.31. The quantitative estimate of drug-likeness (QED) is 0.578. The third-order valence-electron chi connectivity index (χ3n) is 8.48. The van der Waals surface area contributed by atoms with E-state index in [1.54, 1.807) is 0 Å². The van der Waals surface area contributed by atoms with Gasteiger partial charge >= 0.3 is 5.97 Å². The van der Waals surface area contributed by atoms with Crippen LogP contribution in [-0.2, 0) is 14.3 Å². The van der Waals surface area contributed by atoms with Gasteiger partial charge in [-0.25, -0.2) is 0 Å². The molecule has 3 nitrogen and oxygen atoms in total. The van der Waals surface area contributed by atoms with E-state index in [-0.39, 0.29) is 18.0 Å². The van der Waals surface area contributed by atoms with E-state index in [1.807, 2.05) is 6.92 Å². The Balaban J connectivity index is 1.12. The van der Waals surface area contributed by atoms with Crippen molar-refractivity contribution in [1.82, 2.24) is 0 Å². The van der Waals surface area contributed by atoms with Crippen LogP contribution in [0.3, 0.4) is 0 Å². The molecule has 7 atom stereocenters. The first-order valence-electron chi connectivity index (χ1n) is 11.0. The molecule has 0 aromatic carbocycles. The third-order valence-corrected chi connectivity index (χ3v) is 8.48. The maximum atomic E-state index is 12.5. The molecule has 0 aromatic rings. The molecule has 7 unspecified atom stereocenters. The normalized spacial score (nSPS) is 44.4. The molecule has 4 rings (SSSR count). The number of fused-ring (bicyclic) bond motifs is 2. The number of esters is 1. The van der Waals surface area contributed by atoms with Crippen LogP contribution in [0.25, 0.3) is 0 Å². The summed E-state index contributed by atoms with van der Waals surface area (Å²) in [5.41, 5.74) is 1.12. The van der Waals surface area contributed by atoms with E-state index in [0.717, 1.165) is 50.4 Å². The van der Waals surface area contributed by atoms with Gasteiger partial charge in [-0.1, -0.05) is 13.8 Å². The van der Waals surface area contributed by atoms with Crippen molar-refractivity contribution in [2.45, 2.75) is 97.5 Å². The Morgan fingerprint density at radius 3 is 2.19 bits per heavy atom. The first-order chi connectivity index (χ1) is 12.3. The molecule has 146 valence electrons. The number of ketones is 1. The summed E-state index contributed by atoms with van der Waals surface area (Å²) in [7, 11) is 0. The van der Waals surface area contributed by atoms with Crippen molar-refractivity contribution in [2.75, 3.05) is 0 Å². The van der Waals surface area contributed by atoms with Crippen molar-refractivity contribution in [3.63, 3.8) is 0 Å². The summed E-state index contributed by atoms with van der Waals surface area (Å²) < 4.78 is 5.70. The highest BCUT2D eigenvalue weighted by Gasteiger charge is 2.54. The van der Waals surface area contributed by atoms with E-state index in [4.69, 9.17) is 4.74 Å². The molecule has 0 bridgehead atoms. The molecule has 4 fully saturated rings. The van der Waals surface area contributed by atoms with E-state index in [2.05, 4.69) is 13.8 Å². The Morgan fingerprint density at radius 2 is 1.58 bits per heavy atom. The molecule has 0 aromatic heterocycles. The van der Waals surface area contributed by atoms with Crippen LogP contribution < -0.4 is 0 Å². The molecule has 0 radical (unpaired) electrons. The molecule has 0 amide bonds. The lowest BCUT2D eigenvalue weighted by atomic mass is 9.80. The topological polar surface area (TPSA) is 43.4 Å². The number of ether oxygens (including phenoxy) is 1. The van der Waals surface area contributed by atoms with Crippen LogP contribution in [0.1, 0.15) is 91.4 Å². The van der Waals surface area contributed by atoms with Gasteiger partial charge in [-0.3, -0.25) is 9.59 Å². The van der Waals surface area contributed by atoms with Gasteiger partial charge in [0.25, 0.3) is 0 Å². The predicted molar refractivity (Wildman–Crippen MR) is 102 cm³/mol. The van der Waals surface area contributed by atoms with Crippen molar-refractivity contribution in [3.05, 3.63) is 0 Å². The van der Waals surface area contributed by atoms with Crippen LogP contribution >= 0.6 is 0 Å². The number of Topliss-reactive ketones (excluding diaryl/α,β-unsaturated/α-hetero) is 1. The molecule has 0 spiro atoms. The number of hydrogen-bond donors (Lipinski definition) is 0. The molecule has 4 aliphatic rings. The van der Waals surface area contributed by atoms with Gasteiger partial charge in [0, 0.05) is 12.3 Å². The SMILES string of the molecule is CC(CCCC(=O)C1CCC2(C)CC2C1)OC(=O)C1CCC2(C)CC2C1. The number of carbonyl (C=O) groups excluding carboxylic acids is 2. The van der Waals surface area contributed by atoms with E-state index in [1.165, 1.54) is 25.7 Å². The average molecular weight is 361 g/mol. The highest BCUT2D eigenvalue weighted by atomic mass is 16.5. The molecule has 0 saturated heterocycles. The first-order valence-corrected chi connectivity index (χ1v) is 11.0. The van der Waals surface area contributed by atoms with Crippen LogP contribution in [-0.4, -0.2) is 17.9 Å². The van der Waals surface area contributed by atoms with Gasteiger partial charge in [0.15, 0.2) is 0 Å². The Morgan fingerprint density at radius 1 is 1.00 bits per heavy atom. The zero-order valence-electron chi connectivity index (χ0n) is 16.9. The maximum absolute atomic E-state index is 12.5.